The fourth-order valence-electron chi connectivity index (χ4n) is 2.70. The summed E-state index contributed by atoms with van der Waals surface area (Å²) < 4.78 is 0. The van der Waals surface area contributed by atoms with Gasteiger partial charge in [0.05, 0.1) is 0 Å². The third-order valence-electron chi connectivity index (χ3n) is 3.79. The van der Waals surface area contributed by atoms with Crippen molar-refractivity contribution in [2.45, 2.75) is 51.9 Å². The molecule has 1 heteroatoms. The lowest BCUT2D eigenvalue weighted by Gasteiger charge is -2.22. The molecule has 0 atom stereocenters. The molecule has 0 radical (unpaired) electrons. The van der Waals surface area contributed by atoms with E-state index in [1.165, 1.54) is 37.7 Å². The number of aryl methyl sites for hydroxylation is 1. The first-order valence-electron chi connectivity index (χ1n) is 6.60. The normalized spacial score (nSPS) is 17.6. The third kappa shape index (κ3) is 2.78. The number of hydrogen-bond donors (Lipinski definition) is 1. The third-order valence-corrected chi connectivity index (χ3v) is 3.79. The molecule has 16 heavy (non-hydrogen) atoms. The average molecular weight is 218 g/mol. The van der Waals surface area contributed by atoms with Gasteiger partial charge in [0.25, 0.3) is 0 Å². The molecule has 1 aliphatic carbocycles. The molecule has 0 aliphatic heterocycles. The largest absolute Gasteiger partial charge is 0.508 e. The second kappa shape index (κ2) is 5.38. The molecule has 0 amide bonds. The van der Waals surface area contributed by atoms with Crippen LogP contribution in [0.2, 0.25) is 0 Å². The van der Waals surface area contributed by atoms with Gasteiger partial charge in [0.15, 0.2) is 0 Å². The van der Waals surface area contributed by atoms with Gasteiger partial charge >= 0.3 is 0 Å². The van der Waals surface area contributed by atoms with Crippen LogP contribution in [-0.4, -0.2) is 5.11 Å². The van der Waals surface area contributed by atoms with E-state index < -0.39 is 0 Å². The zero-order valence-corrected chi connectivity index (χ0v) is 10.2. The van der Waals surface area contributed by atoms with Gasteiger partial charge in [-0.3, -0.25) is 0 Å². The summed E-state index contributed by atoms with van der Waals surface area (Å²) in [6.07, 6.45) is 8.89. The van der Waals surface area contributed by atoms with Crippen molar-refractivity contribution >= 4 is 0 Å². The molecule has 88 valence electrons. The van der Waals surface area contributed by atoms with Crippen LogP contribution in [-0.2, 0) is 12.8 Å². The first-order valence-corrected chi connectivity index (χ1v) is 6.60. The Morgan fingerprint density at radius 3 is 2.56 bits per heavy atom. The molecule has 0 spiro atoms. The number of aromatic hydroxyl groups is 1. The quantitative estimate of drug-likeness (QED) is 0.810. The van der Waals surface area contributed by atoms with E-state index in [4.69, 9.17) is 0 Å². The molecule has 1 nitrogen and oxygen atoms in total. The van der Waals surface area contributed by atoms with E-state index >= 15 is 0 Å². The monoisotopic (exact) mass is 218 g/mol. The molecule has 1 N–H and O–H groups in total. The summed E-state index contributed by atoms with van der Waals surface area (Å²) in [6.45, 7) is 2.12. The second-order valence-electron chi connectivity index (χ2n) is 5.02. The highest BCUT2D eigenvalue weighted by molar-refractivity contribution is 5.36. The van der Waals surface area contributed by atoms with Crippen LogP contribution >= 0.6 is 0 Å². The summed E-state index contributed by atoms with van der Waals surface area (Å²) in [5, 5.41) is 9.95. The van der Waals surface area contributed by atoms with Crippen LogP contribution in [0, 0.1) is 5.92 Å². The Kier molecular flexibility index (Phi) is 3.87. The lowest BCUT2D eigenvalue weighted by atomic mass is 9.84. The number of hydrogen-bond acceptors (Lipinski definition) is 1. The van der Waals surface area contributed by atoms with E-state index in [2.05, 4.69) is 19.1 Å². The van der Waals surface area contributed by atoms with Gasteiger partial charge in [0, 0.05) is 0 Å². The Bertz CT molecular complexity index is 337. The highest BCUT2D eigenvalue weighted by Gasteiger charge is 2.15. The van der Waals surface area contributed by atoms with Crippen molar-refractivity contribution in [3.63, 3.8) is 0 Å². The highest BCUT2D eigenvalue weighted by atomic mass is 16.3. The lowest BCUT2D eigenvalue weighted by molar-refractivity contribution is 0.351. The van der Waals surface area contributed by atoms with Crippen LogP contribution < -0.4 is 0 Å². The lowest BCUT2D eigenvalue weighted by Crippen LogP contribution is -2.09. The van der Waals surface area contributed by atoms with Crippen molar-refractivity contribution in [2.24, 2.45) is 5.92 Å². The van der Waals surface area contributed by atoms with E-state index in [1.54, 1.807) is 0 Å². The second-order valence-corrected chi connectivity index (χ2v) is 5.02. The van der Waals surface area contributed by atoms with Gasteiger partial charge in [0.2, 0.25) is 0 Å². The van der Waals surface area contributed by atoms with E-state index in [-0.39, 0.29) is 0 Å². The summed E-state index contributed by atoms with van der Waals surface area (Å²) in [7, 11) is 0. The van der Waals surface area contributed by atoms with Crippen LogP contribution in [0.5, 0.6) is 5.75 Å². The molecule has 0 heterocycles. The van der Waals surface area contributed by atoms with Crippen molar-refractivity contribution in [1.82, 2.24) is 0 Å². The summed E-state index contributed by atoms with van der Waals surface area (Å²) in [4.78, 5) is 0. The maximum absolute atomic E-state index is 9.95. The zero-order valence-electron chi connectivity index (χ0n) is 10.2. The van der Waals surface area contributed by atoms with Crippen molar-refractivity contribution in [1.29, 1.82) is 0 Å². The molecule has 1 aromatic carbocycles. The summed E-state index contributed by atoms with van der Waals surface area (Å²) in [5.74, 6) is 1.30. The minimum Gasteiger partial charge on any atom is -0.508 e. The Labute approximate surface area is 98.5 Å². The Hall–Kier alpha value is -0.980. The SMILES string of the molecule is CCc1ccc(CC2CCCCC2)c(O)c1. The van der Waals surface area contributed by atoms with E-state index in [0.717, 1.165) is 24.3 Å². The molecule has 1 aromatic rings. The van der Waals surface area contributed by atoms with E-state index in [0.29, 0.717) is 5.75 Å². The molecule has 0 unspecified atom stereocenters. The van der Waals surface area contributed by atoms with Gasteiger partial charge in [-0.1, -0.05) is 51.2 Å². The molecule has 2 rings (SSSR count). The van der Waals surface area contributed by atoms with Crippen LogP contribution in [0.4, 0.5) is 0 Å². The summed E-state index contributed by atoms with van der Waals surface area (Å²) in [5.41, 5.74) is 2.37. The molecule has 0 bridgehead atoms. The van der Waals surface area contributed by atoms with Crippen molar-refractivity contribution < 1.29 is 5.11 Å². The van der Waals surface area contributed by atoms with Crippen LogP contribution in [0.25, 0.3) is 0 Å². The molecule has 1 fully saturated rings. The predicted octanol–water partition coefficient (Wildman–Crippen LogP) is 4.08. The standard InChI is InChI=1S/C15H22O/c1-2-12-8-9-14(15(16)11-12)10-13-6-4-3-5-7-13/h8-9,11,13,16H,2-7,10H2,1H3. The molecule has 1 aliphatic rings. The Morgan fingerprint density at radius 1 is 1.19 bits per heavy atom. The maximum atomic E-state index is 9.95. The maximum Gasteiger partial charge on any atom is 0.119 e. The van der Waals surface area contributed by atoms with Crippen molar-refractivity contribution in [2.75, 3.05) is 0 Å². The van der Waals surface area contributed by atoms with Gasteiger partial charge in [0.1, 0.15) is 5.75 Å². The van der Waals surface area contributed by atoms with E-state index in [1.807, 2.05) is 6.07 Å². The number of phenolic OH excluding ortho intramolecular Hbond substituents is 1. The van der Waals surface area contributed by atoms with Gasteiger partial charge in [-0.15, -0.1) is 0 Å². The predicted molar refractivity (Wildman–Crippen MR) is 67.8 cm³/mol. The highest BCUT2D eigenvalue weighted by Crippen LogP contribution is 2.30. The topological polar surface area (TPSA) is 20.2 Å². The minimum atomic E-state index is 0.505. The first kappa shape index (κ1) is 11.5. The smallest absolute Gasteiger partial charge is 0.119 e. The van der Waals surface area contributed by atoms with Gasteiger partial charge in [-0.2, -0.15) is 0 Å². The zero-order chi connectivity index (χ0) is 11.4. The number of phenols is 1. The number of benzene rings is 1. The van der Waals surface area contributed by atoms with Crippen molar-refractivity contribution in [3.8, 4) is 5.75 Å². The fraction of sp³-hybridized carbons (Fsp3) is 0.600. The minimum absolute atomic E-state index is 0.505. The average Bonchev–Trinajstić information content (AvgIpc) is 2.33. The summed E-state index contributed by atoms with van der Waals surface area (Å²) in [6, 6.07) is 6.19. The molecular weight excluding hydrogens is 196 g/mol. The Balaban J connectivity index is 2.03. The number of rotatable bonds is 3. The molecular formula is C15H22O. The summed E-state index contributed by atoms with van der Waals surface area (Å²) >= 11 is 0. The van der Waals surface area contributed by atoms with Crippen LogP contribution in [0.1, 0.15) is 50.2 Å². The molecule has 1 saturated carbocycles. The van der Waals surface area contributed by atoms with Gasteiger partial charge in [-0.05, 0) is 36.0 Å². The van der Waals surface area contributed by atoms with Crippen LogP contribution in [0.15, 0.2) is 18.2 Å². The van der Waals surface area contributed by atoms with Gasteiger partial charge < -0.3 is 5.11 Å². The molecule has 0 saturated heterocycles. The van der Waals surface area contributed by atoms with Crippen LogP contribution in [0.3, 0.4) is 0 Å². The first-order chi connectivity index (χ1) is 7.79. The van der Waals surface area contributed by atoms with E-state index in [9.17, 15) is 5.11 Å². The van der Waals surface area contributed by atoms with Gasteiger partial charge in [-0.25, -0.2) is 0 Å². The Morgan fingerprint density at radius 2 is 1.94 bits per heavy atom. The molecule has 0 aromatic heterocycles. The van der Waals surface area contributed by atoms with Crippen molar-refractivity contribution in [3.05, 3.63) is 29.3 Å². The fourth-order valence-corrected chi connectivity index (χ4v) is 2.70.